The number of para-hydroxylation sites is 1. The molecule has 1 aromatic carbocycles. The van der Waals surface area contributed by atoms with Gasteiger partial charge < -0.3 is 4.90 Å². The van der Waals surface area contributed by atoms with Crippen molar-refractivity contribution < 1.29 is 4.79 Å². The molecule has 0 radical (unpaired) electrons. The fourth-order valence-electron chi connectivity index (χ4n) is 2.39. The van der Waals surface area contributed by atoms with Crippen molar-refractivity contribution in [3.63, 3.8) is 0 Å². The topological polar surface area (TPSA) is 20.3 Å². The molecule has 0 aromatic heterocycles. The average molecular weight is 217 g/mol. The van der Waals surface area contributed by atoms with Crippen LogP contribution in [0.5, 0.6) is 0 Å². The van der Waals surface area contributed by atoms with Crippen molar-refractivity contribution in [2.45, 2.75) is 39.7 Å². The number of anilines is 1. The maximum atomic E-state index is 12.2. The second kappa shape index (κ2) is 4.28. The van der Waals surface area contributed by atoms with Crippen LogP contribution in [0.25, 0.3) is 0 Å². The summed E-state index contributed by atoms with van der Waals surface area (Å²) in [6.07, 6.45) is 1.62. The van der Waals surface area contributed by atoms with Crippen LogP contribution >= 0.6 is 0 Å². The lowest BCUT2D eigenvalue weighted by Crippen LogP contribution is -2.36. The molecule has 1 atom stereocenters. The molecule has 16 heavy (non-hydrogen) atoms. The monoisotopic (exact) mass is 217 g/mol. The van der Waals surface area contributed by atoms with E-state index in [0.29, 0.717) is 18.4 Å². The maximum Gasteiger partial charge on any atom is 0.227 e. The van der Waals surface area contributed by atoms with Crippen LogP contribution < -0.4 is 4.90 Å². The average Bonchev–Trinajstić information content (AvgIpc) is 2.52. The van der Waals surface area contributed by atoms with Gasteiger partial charge in [0.25, 0.3) is 0 Å². The zero-order valence-corrected chi connectivity index (χ0v) is 10.2. The highest BCUT2D eigenvalue weighted by atomic mass is 16.2. The Hall–Kier alpha value is -1.31. The first kappa shape index (κ1) is 11.2. The second-order valence-electron chi connectivity index (χ2n) is 5.04. The van der Waals surface area contributed by atoms with Crippen molar-refractivity contribution >= 4 is 11.6 Å². The molecule has 1 aliphatic rings. The normalized spacial score (nSPS) is 19.0. The second-order valence-corrected chi connectivity index (χ2v) is 5.04. The van der Waals surface area contributed by atoms with Gasteiger partial charge in [0.1, 0.15) is 0 Å². The van der Waals surface area contributed by atoms with Crippen LogP contribution in [0.1, 0.15) is 32.8 Å². The molecule has 0 fully saturated rings. The molecule has 1 aliphatic heterocycles. The lowest BCUT2D eigenvalue weighted by molar-refractivity contribution is -0.119. The Balaban J connectivity index is 2.25. The first-order valence-electron chi connectivity index (χ1n) is 5.99. The van der Waals surface area contributed by atoms with Gasteiger partial charge in [0.15, 0.2) is 0 Å². The molecule has 2 heteroatoms. The Morgan fingerprint density at radius 3 is 2.81 bits per heavy atom. The molecule has 0 saturated carbocycles. The van der Waals surface area contributed by atoms with Gasteiger partial charge in [-0.25, -0.2) is 0 Å². The van der Waals surface area contributed by atoms with Crippen molar-refractivity contribution in [2.24, 2.45) is 5.92 Å². The van der Waals surface area contributed by atoms with E-state index in [2.05, 4.69) is 32.9 Å². The first-order valence-corrected chi connectivity index (χ1v) is 5.99. The van der Waals surface area contributed by atoms with Crippen molar-refractivity contribution in [1.82, 2.24) is 0 Å². The van der Waals surface area contributed by atoms with Gasteiger partial charge >= 0.3 is 0 Å². The quantitative estimate of drug-likeness (QED) is 0.745. The molecule has 0 N–H and O–H groups in total. The Labute approximate surface area is 97.3 Å². The number of benzene rings is 1. The zero-order valence-electron chi connectivity index (χ0n) is 10.2. The molecule has 0 bridgehead atoms. The van der Waals surface area contributed by atoms with Crippen molar-refractivity contribution in [2.75, 3.05) is 4.90 Å². The molecule has 2 nitrogen and oxygen atoms in total. The number of amides is 1. The van der Waals surface area contributed by atoms with Gasteiger partial charge in [-0.3, -0.25) is 4.79 Å². The number of hydrogen-bond acceptors (Lipinski definition) is 1. The predicted octanol–water partition coefficient (Wildman–Crippen LogP) is 3.01. The van der Waals surface area contributed by atoms with E-state index in [-0.39, 0.29) is 5.91 Å². The van der Waals surface area contributed by atoms with Crippen molar-refractivity contribution in [1.29, 1.82) is 0 Å². The van der Waals surface area contributed by atoms with Crippen LogP contribution in [0.3, 0.4) is 0 Å². The van der Waals surface area contributed by atoms with Crippen molar-refractivity contribution in [3.8, 4) is 0 Å². The molecule has 1 aromatic rings. The zero-order chi connectivity index (χ0) is 11.7. The van der Waals surface area contributed by atoms with Crippen LogP contribution in [0.2, 0.25) is 0 Å². The lowest BCUT2D eigenvalue weighted by atomic mass is 10.1. The molecule has 0 aliphatic carbocycles. The minimum atomic E-state index is 0.257. The Kier molecular flexibility index (Phi) is 2.99. The predicted molar refractivity (Wildman–Crippen MR) is 66.5 cm³/mol. The fourth-order valence-corrected chi connectivity index (χ4v) is 2.39. The van der Waals surface area contributed by atoms with Crippen LogP contribution in [-0.2, 0) is 11.2 Å². The summed E-state index contributed by atoms with van der Waals surface area (Å²) in [5.41, 5.74) is 2.41. The molecular weight excluding hydrogens is 198 g/mol. The molecule has 1 heterocycles. The third-order valence-electron chi connectivity index (χ3n) is 3.06. The summed E-state index contributed by atoms with van der Waals surface area (Å²) in [5.74, 6) is 0.680. The van der Waals surface area contributed by atoms with Gasteiger partial charge in [-0.15, -0.1) is 0 Å². The smallest absolute Gasteiger partial charge is 0.227 e. The number of rotatable bonds is 2. The lowest BCUT2D eigenvalue weighted by Gasteiger charge is -2.23. The van der Waals surface area contributed by atoms with Gasteiger partial charge in [-0.05, 0) is 30.9 Å². The summed E-state index contributed by atoms with van der Waals surface area (Å²) >= 11 is 0. The molecule has 1 amide bonds. The highest BCUT2D eigenvalue weighted by molar-refractivity contribution is 5.96. The minimum absolute atomic E-state index is 0.257. The number of carbonyl (C=O) groups excluding carboxylic acids is 1. The van der Waals surface area contributed by atoms with E-state index in [1.807, 2.05) is 17.0 Å². The van der Waals surface area contributed by atoms with Gasteiger partial charge in [0.05, 0.1) is 0 Å². The van der Waals surface area contributed by atoms with E-state index in [0.717, 1.165) is 12.1 Å². The van der Waals surface area contributed by atoms with Gasteiger partial charge in [0, 0.05) is 18.2 Å². The minimum Gasteiger partial charge on any atom is -0.309 e. The number of fused-ring (bicyclic) bond motifs is 1. The summed E-state index contributed by atoms with van der Waals surface area (Å²) < 4.78 is 0. The molecular formula is C14H19NO. The van der Waals surface area contributed by atoms with E-state index >= 15 is 0 Å². The highest BCUT2D eigenvalue weighted by Crippen LogP contribution is 2.32. The van der Waals surface area contributed by atoms with Crippen LogP contribution in [0.15, 0.2) is 24.3 Å². The van der Waals surface area contributed by atoms with Crippen molar-refractivity contribution in [3.05, 3.63) is 29.8 Å². The van der Waals surface area contributed by atoms with Gasteiger partial charge in [-0.1, -0.05) is 32.0 Å². The van der Waals surface area contributed by atoms with Crippen LogP contribution in [-0.4, -0.2) is 11.9 Å². The molecule has 1 unspecified atom stereocenters. The SMILES string of the molecule is CC(C)CC(=O)N1c2ccccc2CC1C. The standard InChI is InChI=1S/C14H19NO/c1-10(2)8-14(16)15-11(3)9-12-6-4-5-7-13(12)15/h4-7,10-11H,8-9H2,1-3H3. The summed E-state index contributed by atoms with van der Waals surface area (Å²) in [5, 5.41) is 0. The number of nitrogens with zero attached hydrogens (tertiary/aromatic N) is 1. The highest BCUT2D eigenvalue weighted by Gasteiger charge is 2.30. The Bertz CT molecular complexity index is 397. The maximum absolute atomic E-state index is 12.2. The van der Waals surface area contributed by atoms with E-state index in [1.165, 1.54) is 5.56 Å². The molecule has 86 valence electrons. The van der Waals surface area contributed by atoms with Gasteiger partial charge in [-0.2, -0.15) is 0 Å². The number of hydrogen-bond donors (Lipinski definition) is 0. The summed E-state index contributed by atoms with van der Waals surface area (Å²) in [6, 6.07) is 8.53. The summed E-state index contributed by atoms with van der Waals surface area (Å²) in [4.78, 5) is 14.1. The Morgan fingerprint density at radius 1 is 1.44 bits per heavy atom. The molecule has 2 rings (SSSR count). The first-order chi connectivity index (χ1) is 7.59. The van der Waals surface area contributed by atoms with E-state index in [1.54, 1.807) is 0 Å². The molecule has 0 saturated heterocycles. The van der Waals surface area contributed by atoms with E-state index in [9.17, 15) is 4.79 Å². The summed E-state index contributed by atoms with van der Waals surface area (Å²) in [6.45, 7) is 6.30. The van der Waals surface area contributed by atoms with E-state index in [4.69, 9.17) is 0 Å². The summed E-state index contributed by atoms with van der Waals surface area (Å²) in [7, 11) is 0. The van der Waals surface area contributed by atoms with E-state index < -0.39 is 0 Å². The van der Waals surface area contributed by atoms with Crippen LogP contribution in [0.4, 0.5) is 5.69 Å². The third-order valence-corrected chi connectivity index (χ3v) is 3.06. The van der Waals surface area contributed by atoms with Gasteiger partial charge in [0.2, 0.25) is 5.91 Å². The number of carbonyl (C=O) groups is 1. The van der Waals surface area contributed by atoms with Crippen LogP contribution in [0, 0.1) is 5.92 Å². The third kappa shape index (κ3) is 1.97. The Morgan fingerprint density at radius 2 is 2.12 bits per heavy atom. The fraction of sp³-hybridized carbons (Fsp3) is 0.500. The molecule has 0 spiro atoms. The largest absolute Gasteiger partial charge is 0.309 e.